The first-order valence-corrected chi connectivity index (χ1v) is 11.3. The summed E-state index contributed by atoms with van der Waals surface area (Å²) in [7, 11) is 0. The zero-order valence-electron chi connectivity index (χ0n) is 19.3. The Morgan fingerprint density at radius 3 is 2.59 bits per heavy atom. The molecule has 7 nitrogen and oxygen atoms in total. The predicted octanol–water partition coefficient (Wildman–Crippen LogP) is 3.82. The van der Waals surface area contributed by atoms with Gasteiger partial charge in [-0.25, -0.2) is 9.38 Å². The number of piperazine rings is 1. The van der Waals surface area contributed by atoms with Gasteiger partial charge in [0.2, 0.25) is 0 Å². The molecule has 0 radical (unpaired) electrons. The molecular formula is C23H36FIN6O. The molecular weight excluding hydrogens is 522 g/mol. The monoisotopic (exact) mass is 558 g/mol. The van der Waals surface area contributed by atoms with Crippen LogP contribution in [0.2, 0.25) is 0 Å². The molecule has 0 spiro atoms. The van der Waals surface area contributed by atoms with Crippen LogP contribution in [0.1, 0.15) is 44.6 Å². The molecule has 1 fully saturated rings. The summed E-state index contributed by atoms with van der Waals surface area (Å²) in [6.07, 6.45) is 1.02. The zero-order chi connectivity index (χ0) is 22.1. The smallest absolute Gasteiger partial charge is 0.191 e. The van der Waals surface area contributed by atoms with Crippen LogP contribution in [0, 0.1) is 5.82 Å². The van der Waals surface area contributed by atoms with Gasteiger partial charge in [0.15, 0.2) is 11.7 Å². The van der Waals surface area contributed by atoms with Crippen LogP contribution in [0.25, 0.3) is 0 Å². The fraction of sp³-hybridized carbons (Fsp3) is 0.565. The van der Waals surface area contributed by atoms with Gasteiger partial charge in [-0.3, -0.25) is 4.90 Å². The van der Waals surface area contributed by atoms with E-state index in [4.69, 9.17) is 4.52 Å². The Morgan fingerprint density at radius 1 is 1.19 bits per heavy atom. The number of halogens is 2. The maximum Gasteiger partial charge on any atom is 0.191 e. The molecule has 32 heavy (non-hydrogen) atoms. The minimum atomic E-state index is -0.138. The molecule has 1 aromatic carbocycles. The molecule has 0 aliphatic carbocycles. The molecule has 0 atom stereocenters. The van der Waals surface area contributed by atoms with Gasteiger partial charge in [0.1, 0.15) is 12.4 Å². The van der Waals surface area contributed by atoms with E-state index in [-0.39, 0.29) is 29.8 Å². The zero-order valence-corrected chi connectivity index (χ0v) is 21.6. The summed E-state index contributed by atoms with van der Waals surface area (Å²) in [6.45, 7) is 13.0. The lowest BCUT2D eigenvalue weighted by Crippen LogP contribution is -2.47. The Bertz CT molecular complexity index is 835. The van der Waals surface area contributed by atoms with Crippen molar-refractivity contribution in [2.75, 3.05) is 50.7 Å². The van der Waals surface area contributed by atoms with Gasteiger partial charge in [0.05, 0.1) is 11.4 Å². The topological polar surface area (TPSA) is 68.9 Å². The third-order valence-electron chi connectivity index (χ3n) is 5.41. The van der Waals surface area contributed by atoms with Crippen LogP contribution < -0.4 is 15.5 Å². The molecule has 3 rings (SSSR count). The van der Waals surface area contributed by atoms with Gasteiger partial charge < -0.3 is 20.1 Å². The number of rotatable bonds is 9. The second kappa shape index (κ2) is 13.6. The summed E-state index contributed by atoms with van der Waals surface area (Å²) in [5.74, 6) is 1.77. The van der Waals surface area contributed by atoms with Gasteiger partial charge in [-0.15, -0.1) is 24.0 Å². The molecule has 0 unspecified atom stereocenters. The quantitative estimate of drug-likeness (QED) is 0.211. The summed E-state index contributed by atoms with van der Waals surface area (Å²) < 4.78 is 19.3. The number of guanidine groups is 1. The maximum atomic E-state index is 14.0. The summed E-state index contributed by atoms with van der Waals surface area (Å²) in [4.78, 5) is 9.17. The van der Waals surface area contributed by atoms with Crippen molar-refractivity contribution < 1.29 is 8.91 Å². The lowest BCUT2D eigenvalue weighted by Gasteiger charge is -2.36. The Morgan fingerprint density at radius 2 is 1.94 bits per heavy atom. The number of hydrogen-bond acceptors (Lipinski definition) is 5. The average Bonchev–Trinajstić information content (AvgIpc) is 3.25. The van der Waals surface area contributed by atoms with Crippen LogP contribution >= 0.6 is 24.0 Å². The molecule has 0 saturated carbocycles. The first-order chi connectivity index (χ1) is 15.1. The second-order valence-electron chi connectivity index (χ2n) is 8.13. The number of aromatic nitrogens is 1. The van der Waals surface area contributed by atoms with Crippen molar-refractivity contribution in [2.45, 2.75) is 39.7 Å². The number of anilines is 1. The predicted molar refractivity (Wildman–Crippen MR) is 138 cm³/mol. The van der Waals surface area contributed by atoms with Gasteiger partial charge in [0.25, 0.3) is 0 Å². The van der Waals surface area contributed by atoms with Crippen molar-refractivity contribution in [3.05, 3.63) is 47.6 Å². The standard InChI is InChI=1S/C23H35FN6O.HI/c1-4-25-23(27-17-19-16-21(18(2)3)28-31-19)26-10-7-11-29-12-14-30(15-13-29)22-9-6-5-8-20(22)24;/h5-6,8-9,16,18H,4,7,10-15,17H2,1-3H3,(H2,25,26,27);1H. The SMILES string of the molecule is CCNC(=NCc1cc(C(C)C)no1)NCCCN1CCN(c2ccccc2F)CC1.I. The Hall–Kier alpha value is -1.88. The van der Waals surface area contributed by atoms with Crippen molar-refractivity contribution in [1.29, 1.82) is 0 Å². The fourth-order valence-corrected chi connectivity index (χ4v) is 3.60. The van der Waals surface area contributed by atoms with Gasteiger partial charge in [-0.2, -0.15) is 0 Å². The lowest BCUT2D eigenvalue weighted by atomic mass is 10.1. The lowest BCUT2D eigenvalue weighted by molar-refractivity contribution is 0.254. The highest BCUT2D eigenvalue weighted by atomic mass is 127. The third-order valence-corrected chi connectivity index (χ3v) is 5.41. The molecule has 0 bridgehead atoms. The summed E-state index contributed by atoms with van der Waals surface area (Å²) in [5.41, 5.74) is 1.67. The van der Waals surface area contributed by atoms with Crippen molar-refractivity contribution >= 4 is 35.6 Å². The van der Waals surface area contributed by atoms with E-state index in [1.807, 2.05) is 18.2 Å². The van der Waals surface area contributed by atoms with E-state index < -0.39 is 0 Å². The number of nitrogens with zero attached hydrogens (tertiary/aromatic N) is 4. The highest BCUT2D eigenvalue weighted by molar-refractivity contribution is 14.0. The fourth-order valence-electron chi connectivity index (χ4n) is 3.60. The molecule has 0 amide bonds. The molecule has 178 valence electrons. The Kier molecular flexibility index (Phi) is 11.2. The van der Waals surface area contributed by atoms with E-state index in [1.165, 1.54) is 6.07 Å². The van der Waals surface area contributed by atoms with Crippen molar-refractivity contribution in [3.63, 3.8) is 0 Å². The largest absolute Gasteiger partial charge is 0.367 e. The van der Waals surface area contributed by atoms with Gasteiger partial charge in [-0.1, -0.05) is 31.1 Å². The Labute approximate surface area is 207 Å². The van der Waals surface area contributed by atoms with Crippen molar-refractivity contribution in [1.82, 2.24) is 20.7 Å². The van der Waals surface area contributed by atoms with Crippen LogP contribution in [-0.4, -0.2) is 61.8 Å². The van der Waals surface area contributed by atoms with Crippen molar-refractivity contribution in [3.8, 4) is 0 Å². The van der Waals surface area contributed by atoms with Gasteiger partial charge in [-0.05, 0) is 37.9 Å². The molecule has 1 saturated heterocycles. The molecule has 2 heterocycles. The van der Waals surface area contributed by atoms with E-state index in [0.29, 0.717) is 18.2 Å². The first kappa shape index (κ1) is 26.4. The van der Waals surface area contributed by atoms with E-state index in [2.05, 4.69) is 51.4 Å². The molecule has 2 N–H and O–H groups in total. The molecule has 9 heteroatoms. The second-order valence-corrected chi connectivity index (χ2v) is 8.13. The van der Waals surface area contributed by atoms with E-state index in [1.54, 1.807) is 6.07 Å². The van der Waals surface area contributed by atoms with Crippen LogP contribution in [0.15, 0.2) is 39.8 Å². The average molecular weight is 558 g/mol. The van der Waals surface area contributed by atoms with Crippen LogP contribution in [-0.2, 0) is 6.54 Å². The van der Waals surface area contributed by atoms with Gasteiger partial charge >= 0.3 is 0 Å². The number of benzene rings is 1. The highest BCUT2D eigenvalue weighted by Gasteiger charge is 2.18. The number of hydrogen-bond donors (Lipinski definition) is 2. The molecule has 1 aliphatic heterocycles. The number of nitrogens with one attached hydrogen (secondary N) is 2. The number of para-hydroxylation sites is 1. The third kappa shape index (κ3) is 7.91. The molecule has 1 aromatic heterocycles. The Balaban J connectivity index is 0.00000363. The summed E-state index contributed by atoms with van der Waals surface area (Å²) in [5, 5.41) is 10.7. The molecule has 2 aromatic rings. The van der Waals surface area contributed by atoms with E-state index in [0.717, 1.165) is 69.6 Å². The first-order valence-electron chi connectivity index (χ1n) is 11.3. The van der Waals surface area contributed by atoms with Crippen LogP contribution in [0.3, 0.4) is 0 Å². The normalized spacial score (nSPS) is 15.0. The number of aliphatic imine (C=N–C) groups is 1. The van der Waals surface area contributed by atoms with Crippen LogP contribution in [0.5, 0.6) is 0 Å². The highest BCUT2D eigenvalue weighted by Crippen LogP contribution is 2.20. The summed E-state index contributed by atoms with van der Waals surface area (Å²) >= 11 is 0. The minimum absolute atomic E-state index is 0. The molecule has 1 aliphatic rings. The minimum Gasteiger partial charge on any atom is -0.367 e. The van der Waals surface area contributed by atoms with Crippen LogP contribution in [0.4, 0.5) is 10.1 Å². The van der Waals surface area contributed by atoms with Crippen molar-refractivity contribution in [2.24, 2.45) is 4.99 Å². The van der Waals surface area contributed by atoms with E-state index >= 15 is 0 Å². The summed E-state index contributed by atoms with van der Waals surface area (Å²) in [6, 6.07) is 8.99. The van der Waals surface area contributed by atoms with E-state index in [9.17, 15) is 4.39 Å². The van der Waals surface area contributed by atoms with Gasteiger partial charge in [0, 0.05) is 45.3 Å². The maximum absolute atomic E-state index is 14.0.